The molecular weight excluding hydrogens is 560 g/mol. The van der Waals surface area contributed by atoms with Crippen molar-refractivity contribution in [2.24, 2.45) is 0 Å². The Balaban J connectivity index is 0.000000146. The quantitative estimate of drug-likeness (QED) is 0.170. The Hall–Kier alpha value is -3.02. The van der Waals surface area contributed by atoms with Gasteiger partial charge < -0.3 is 0 Å². The number of fused-ring (bicyclic) bond motifs is 3. The van der Waals surface area contributed by atoms with Crippen LogP contribution in [0, 0.1) is 6.08 Å². The van der Waals surface area contributed by atoms with Crippen molar-refractivity contribution < 1.29 is 24.2 Å². The molecule has 0 spiro atoms. The Morgan fingerprint density at radius 2 is 1.15 bits per heavy atom. The van der Waals surface area contributed by atoms with Gasteiger partial charge in [0.15, 0.2) is 0 Å². The van der Waals surface area contributed by atoms with Crippen LogP contribution < -0.4 is 0 Å². The van der Waals surface area contributed by atoms with E-state index < -0.39 is 0 Å². The summed E-state index contributed by atoms with van der Waals surface area (Å²) in [7, 11) is 0. The van der Waals surface area contributed by atoms with Gasteiger partial charge in [-0.3, -0.25) is 6.08 Å². The maximum atomic E-state index is 3.33. The van der Waals surface area contributed by atoms with Crippen LogP contribution in [0.25, 0.3) is 21.5 Å². The van der Waals surface area contributed by atoms with Crippen LogP contribution in [0.2, 0.25) is 0 Å². The number of hydrogen-bond donors (Lipinski definition) is 0. The van der Waals surface area contributed by atoms with Gasteiger partial charge in [-0.15, -0.1) is 46.2 Å². The molecule has 0 bridgehead atoms. The minimum absolute atomic E-state index is 1.08. The predicted octanol–water partition coefficient (Wildman–Crippen LogP) is 10.5. The number of benzene rings is 4. The molecule has 0 atom stereocenters. The van der Waals surface area contributed by atoms with Gasteiger partial charge in [-0.1, -0.05) is 75.9 Å². The van der Waals surface area contributed by atoms with Gasteiger partial charge in [0.2, 0.25) is 0 Å². The van der Waals surface area contributed by atoms with Gasteiger partial charge in [0.05, 0.1) is 0 Å². The molecule has 0 aromatic heterocycles. The first kappa shape index (κ1) is 30.0. The van der Waals surface area contributed by atoms with Crippen molar-refractivity contribution >= 4 is 24.8 Å². The van der Waals surface area contributed by atoms with E-state index in [9.17, 15) is 0 Å². The summed E-state index contributed by atoms with van der Waals surface area (Å²) < 4.78 is 1.42. The van der Waals surface area contributed by atoms with Crippen molar-refractivity contribution in [1.82, 2.24) is 0 Å². The van der Waals surface area contributed by atoms with E-state index in [1.807, 2.05) is 0 Å². The van der Waals surface area contributed by atoms with Crippen LogP contribution in [0.15, 0.2) is 120 Å². The molecule has 6 rings (SSSR count). The summed E-state index contributed by atoms with van der Waals surface area (Å²) in [5.41, 5.74) is 8.43. The predicted molar refractivity (Wildman–Crippen MR) is 172 cm³/mol. The van der Waals surface area contributed by atoms with Crippen molar-refractivity contribution in [2.45, 2.75) is 59.8 Å². The van der Waals surface area contributed by atoms with E-state index in [1.165, 1.54) is 88.8 Å². The summed E-state index contributed by atoms with van der Waals surface area (Å²) in [4.78, 5) is 0. The minimum atomic E-state index is 1.08. The molecule has 0 saturated heterocycles. The molecule has 5 aromatic rings. The van der Waals surface area contributed by atoms with Crippen molar-refractivity contribution in [3.63, 3.8) is 0 Å². The Morgan fingerprint density at radius 3 is 1.52 bits per heavy atom. The van der Waals surface area contributed by atoms with Crippen LogP contribution in [0.1, 0.15) is 69.2 Å². The summed E-state index contributed by atoms with van der Waals surface area (Å²) in [6, 6.07) is 37.1. The van der Waals surface area contributed by atoms with E-state index in [0.29, 0.717) is 0 Å². The Kier molecular flexibility index (Phi) is 11.3. The zero-order valence-electron chi connectivity index (χ0n) is 24.4. The zero-order valence-corrected chi connectivity index (χ0v) is 26.9. The van der Waals surface area contributed by atoms with Crippen LogP contribution in [-0.4, -0.2) is 3.21 Å². The van der Waals surface area contributed by atoms with Crippen LogP contribution >= 0.6 is 0 Å². The van der Waals surface area contributed by atoms with Gasteiger partial charge in [-0.05, 0) is 12.8 Å². The molecule has 0 amide bonds. The monoisotopic (exact) mass is 598 g/mol. The first-order valence-corrected chi connectivity index (χ1v) is 15.9. The number of allylic oxidation sites excluding steroid dienone is 4. The second-order valence-corrected chi connectivity index (χ2v) is 11.4. The third-order valence-electron chi connectivity index (χ3n) is 7.53. The van der Waals surface area contributed by atoms with Gasteiger partial charge in [0.1, 0.15) is 0 Å². The maximum absolute atomic E-state index is 3.33. The second-order valence-electron chi connectivity index (χ2n) is 10.2. The molecule has 0 saturated carbocycles. The summed E-state index contributed by atoms with van der Waals surface area (Å²) >= 11 is 1.46. The van der Waals surface area contributed by atoms with Gasteiger partial charge in [-0.2, -0.15) is 5.57 Å². The number of hydrogen-bond acceptors (Lipinski definition) is 0. The first-order chi connectivity index (χ1) is 19.6. The molecule has 0 radical (unpaired) electrons. The fourth-order valence-corrected chi connectivity index (χ4v) is 5.79. The molecule has 0 N–H and O–H groups in total. The van der Waals surface area contributed by atoms with Crippen LogP contribution in [0.5, 0.6) is 0 Å². The van der Waals surface area contributed by atoms with E-state index in [2.05, 4.69) is 143 Å². The zero-order chi connectivity index (χ0) is 28.3. The summed E-state index contributed by atoms with van der Waals surface area (Å²) in [5, 5.41) is 5.54. The van der Waals surface area contributed by atoms with Gasteiger partial charge in [0.25, 0.3) is 0 Å². The molecule has 5 aromatic carbocycles. The molecule has 0 nitrogen and oxygen atoms in total. The first-order valence-electron chi connectivity index (χ1n) is 14.7. The second kappa shape index (κ2) is 15.1. The average Bonchev–Trinajstić information content (AvgIpc) is 3.65. The topological polar surface area (TPSA) is 0 Å². The Labute approximate surface area is 256 Å². The Morgan fingerprint density at radius 1 is 0.650 bits per heavy atom. The molecule has 40 heavy (non-hydrogen) atoms. The van der Waals surface area contributed by atoms with Crippen molar-refractivity contribution in [3.8, 4) is 0 Å². The van der Waals surface area contributed by atoms with Crippen LogP contribution in [0.4, 0.5) is 0 Å². The Bertz CT molecular complexity index is 1500. The van der Waals surface area contributed by atoms with Gasteiger partial charge >= 0.3 is 99.2 Å². The summed E-state index contributed by atoms with van der Waals surface area (Å²) in [6.07, 6.45) is 11.2. The molecule has 1 heteroatoms. The molecular formula is C39H40Zr. The number of aryl methyl sites for hydroxylation is 2. The van der Waals surface area contributed by atoms with E-state index in [4.69, 9.17) is 0 Å². The normalized spacial score (nSPS) is 12.2. The van der Waals surface area contributed by atoms with E-state index in [-0.39, 0.29) is 0 Å². The van der Waals surface area contributed by atoms with E-state index in [1.54, 1.807) is 0 Å². The third-order valence-corrected chi connectivity index (χ3v) is 8.95. The van der Waals surface area contributed by atoms with Crippen LogP contribution in [0.3, 0.4) is 0 Å². The molecule has 1 aliphatic carbocycles. The van der Waals surface area contributed by atoms with E-state index >= 15 is 0 Å². The van der Waals surface area contributed by atoms with Crippen LogP contribution in [-0.2, 0) is 37.1 Å². The number of rotatable bonds is 6. The summed E-state index contributed by atoms with van der Waals surface area (Å²) in [5.74, 6) is 0. The molecule has 1 aliphatic rings. The molecule has 0 unspecified atom stereocenters. The fourth-order valence-electron chi connectivity index (χ4n) is 4.97. The molecule has 0 heterocycles. The SMILES string of the molecule is CCC1=[C-]CC(CC)=C1.CCc1ccc2c(c1)[cH-]c1cc(CC)ccc12.[Zr+2]=[C](c1ccccc1)c1ccccc1. The average molecular weight is 600 g/mol. The van der Waals surface area contributed by atoms with Crippen molar-refractivity contribution in [2.75, 3.05) is 0 Å². The van der Waals surface area contributed by atoms with Crippen molar-refractivity contribution in [1.29, 1.82) is 0 Å². The van der Waals surface area contributed by atoms with Gasteiger partial charge in [0, 0.05) is 0 Å². The molecule has 200 valence electrons. The van der Waals surface area contributed by atoms with Crippen molar-refractivity contribution in [3.05, 3.63) is 149 Å². The third kappa shape index (κ3) is 7.80. The fraction of sp³-hybridized carbons (Fsp3) is 0.231. The van der Waals surface area contributed by atoms with E-state index in [0.717, 1.165) is 25.7 Å². The standard InChI is InChI=1S/C17H17.C13H10.C9H13.Zr/c1-3-12-5-7-16-14(9-12)11-15-10-13(4-2)6-8-17(15)16;1-3-7-12(8-4-1)11-13-9-5-2-6-10-13;1-3-8-5-6-9(4-2)7-8;/h5-11H,3-4H2,1-2H3;1-10H;7H,3-5H2,1-2H3;/q-1;;-1;+2. The van der Waals surface area contributed by atoms with Gasteiger partial charge in [-0.25, -0.2) is 11.6 Å². The molecule has 0 aliphatic heterocycles. The summed E-state index contributed by atoms with van der Waals surface area (Å²) in [6.45, 7) is 8.79. The molecule has 0 fully saturated rings.